The number of nitrogens with zero attached hydrogens (tertiary/aromatic N) is 2. The molecule has 2 aliphatic heterocycles. The van der Waals surface area contributed by atoms with Crippen molar-refractivity contribution in [3.05, 3.63) is 22.6 Å². The summed E-state index contributed by atoms with van der Waals surface area (Å²) in [6.45, 7) is 0.879. The molecule has 1 N–H and O–H groups in total. The highest BCUT2D eigenvalue weighted by atomic mass is 79.9. The molecule has 1 unspecified atom stereocenters. The molecule has 106 valence electrons. The monoisotopic (exact) mass is 341 g/mol. The van der Waals surface area contributed by atoms with Crippen molar-refractivity contribution in [3.63, 3.8) is 0 Å². The average molecular weight is 342 g/mol. The van der Waals surface area contributed by atoms with Gasteiger partial charge in [0.15, 0.2) is 10.4 Å². The molecule has 8 heteroatoms. The number of imide groups is 1. The van der Waals surface area contributed by atoms with Gasteiger partial charge in [-0.25, -0.2) is 4.79 Å². The van der Waals surface area contributed by atoms with Crippen LogP contribution in [0, 0.1) is 0 Å². The largest absolute Gasteiger partial charge is 0.444 e. The van der Waals surface area contributed by atoms with Gasteiger partial charge in [0.1, 0.15) is 0 Å². The van der Waals surface area contributed by atoms with Gasteiger partial charge < -0.3 is 14.6 Å². The molecule has 20 heavy (non-hydrogen) atoms. The normalized spacial score (nSPS) is 22.6. The fraction of sp³-hybridized carbons (Fsp3) is 0.417. The number of hydrogen-bond acceptors (Lipinski definition) is 4. The van der Waals surface area contributed by atoms with Crippen molar-refractivity contribution in [2.45, 2.75) is 12.5 Å². The van der Waals surface area contributed by atoms with E-state index in [9.17, 15) is 14.4 Å². The Morgan fingerprint density at radius 1 is 1.40 bits per heavy atom. The highest BCUT2D eigenvalue weighted by Gasteiger charge is 2.40. The molecule has 2 saturated heterocycles. The van der Waals surface area contributed by atoms with Crippen LogP contribution in [-0.2, 0) is 4.79 Å². The summed E-state index contributed by atoms with van der Waals surface area (Å²) in [6.07, 6.45) is 0.590. The van der Waals surface area contributed by atoms with Gasteiger partial charge in [0.25, 0.3) is 5.91 Å². The van der Waals surface area contributed by atoms with Gasteiger partial charge in [-0.1, -0.05) is 0 Å². The summed E-state index contributed by atoms with van der Waals surface area (Å²) >= 11 is 3.15. The highest BCUT2D eigenvalue weighted by Crippen LogP contribution is 2.22. The number of nitrogens with one attached hydrogen (secondary N) is 1. The van der Waals surface area contributed by atoms with E-state index in [0.29, 0.717) is 24.2 Å². The highest BCUT2D eigenvalue weighted by molar-refractivity contribution is 9.10. The van der Waals surface area contributed by atoms with Crippen molar-refractivity contribution < 1.29 is 18.8 Å². The molecule has 0 bridgehead atoms. The van der Waals surface area contributed by atoms with Crippen LogP contribution < -0.4 is 5.32 Å². The predicted molar refractivity (Wildman–Crippen MR) is 71.0 cm³/mol. The third kappa shape index (κ3) is 2.20. The fourth-order valence-electron chi connectivity index (χ4n) is 2.53. The van der Waals surface area contributed by atoms with E-state index < -0.39 is 0 Å². The molecular weight excluding hydrogens is 330 g/mol. The van der Waals surface area contributed by atoms with Crippen molar-refractivity contribution in [2.24, 2.45) is 0 Å². The minimum Gasteiger partial charge on any atom is -0.444 e. The van der Waals surface area contributed by atoms with Gasteiger partial charge in [-0.15, -0.1) is 0 Å². The van der Waals surface area contributed by atoms with Crippen LogP contribution in [0.5, 0.6) is 0 Å². The van der Waals surface area contributed by atoms with E-state index >= 15 is 0 Å². The van der Waals surface area contributed by atoms with Crippen LogP contribution in [0.4, 0.5) is 4.79 Å². The zero-order valence-corrected chi connectivity index (χ0v) is 12.1. The molecule has 0 aromatic carbocycles. The third-order valence-corrected chi connectivity index (χ3v) is 3.90. The first kappa shape index (κ1) is 13.2. The number of carbonyl (C=O) groups excluding carboxylic acids is 3. The van der Waals surface area contributed by atoms with E-state index in [1.807, 2.05) is 0 Å². The first-order valence-corrected chi connectivity index (χ1v) is 7.00. The summed E-state index contributed by atoms with van der Waals surface area (Å²) in [5.41, 5.74) is 0. The molecule has 0 radical (unpaired) electrons. The lowest BCUT2D eigenvalue weighted by Crippen LogP contribution is -2.42. The van der Waals surface area contributed by atoms with E-state index in [-0.39, 0.29) is 36.2 Å². The second-order valence-corrected chi connectivity index (χ2v) is 5.50. The smallest absolute Gasteiger partial charge is 0.324 e. The molecule has 0 spiro atoms. The second kappa shape index (κ2) is 4.93. The van der Waals surface area contributed by atoms with E-state index in [0.717, 1.165) is 0 Å². The number of likely N-dealkylation sites (tertiary alicyclic amines) is 1. The third-order valence-electron chi connectivity index (χ3n) is 3.48. The van der Waals surface area contributed by atoms with Crippen molar-refractivity contribution in [3.8, 4) is 0 Å². The van der Waals surface area contributed by atoms with Crippen molar-refractivity contribution in [1.29, 1.82) is 0 Å². The van der Waals surface area contributed by atoms with Crippen molar-refractivity contribution in [2.75, 3.05) is 19.6 Å². The summed E-state index contributed by atoms with van der Waals surface area (Å²) in [5.74, 6) is -0.227. The SMILES string of the molecule is O=C(c1ccc(Br)o1)N1CCC(N2C(=O)CNC2=O)C1. The lowest BCUT2D eigenvalue weighted by atomic mass is 10.2. The minimum absolute atomic E-state index is 0.0361. The Morgan fingerprint density at radius 2 is 2.20 bits per heavy atom. The minimum atomic E-state index is -0.380. The molecule has 0 aliphatic carbocycles. The Bertz CT molecular complexity index is 569. The van der Waals surface area contributed by atoms with Crippen LogP contribution in [0.15, 0.2) is 21.2 Å². The van der Waals surface area contributed by atoms with Gasteiger partial charge in [-0.3, -0.25) is 14.5 Å². The van der Waals surface area contributed by atoms with Gasteiger partial charge >= 0.3 is 6.03 Å². The molecular formula is C12H12BrN3O4. The van der Waals surface area contributed by atoms with E-state index in [4.69, 9.17) is 4.42 Å². The summed E-state index contributed by atoms with van der Waals surface area (Å²) in [7, 11) is 0. The van der Waals surface area contributed by atoms with Crippen LogP contribution in [0.1, 0.15) is 17.0 Å². The van der Waals surface area contributed by atoms with Crippen LogP contribution in [-0.4, -0.2) is 53.3 Å². The van der Waals surface area contributed by atoms with Crippen LogP contribution >= 0.6 is 15.9 Å². The number of carbonyl (C=O) groups is 3. The fourth-order valence-corrected chi connectivity index (χ4v) is 2.83. The molecule has 3 heterocycles. The van der Waals surface area contributed by atoms with E-state index in [1.165, 1.54) is 4.90 Å². The van der Waals surface area contributed by atoms with Gasteiger partial charge in [0.2, 0.25) is 5.91 Å². The number of amides is 4. The van der Waals surface area contributed by atoms with Gasteiger partial charge in [0, 0.05) is 13.1 Å². The molecule has 3 rings (SSSR count). The number of urea groups is 1. The Kier molecular flexibility index (Phi) is 3.25. The number of hydrogen-bond donors (Lipinski definition) is 1. The van der Waals surface area contributed by atoms with E-state index in [2.05, 4.69) is 21.2 Å². The first-order chi connectivity index (χ1) is 9.56. The van der Waals surface area contributed by atoms with Crippen LogP contribution in [0.2, 0.25) is 0 Å². The van der Waals surface area contributed by atoms with Crippen molar-refractivity contribution >= 4 is 33.8 Å². The summed E-state index contributed by atoms with van der Waals surface area (Å²) in [5, 5.41) is 2.48. The number of rotatable bonds is 2. The molecule has 4 amide bonds. The number of halogens is 1. The molecule has 7 nitrogen and oxygen atoms in total. The Labute approximate surface area is 123 Å². The van der Waals surface area contributed by atoms with Gasteiger partial charge in [-0.05, 0) is 34.5 Å². The lowest BCUT2D eigenvalue weighted by molar-refractivity contribution is -0.126. The summed E-state index contributed by atoms with van der Waals surface area (Å²) in [4.78, 5) is 38.2. The Balaban J connectivity index is 1.69. The maximum absolute atomic E-state index is 12.2. The predicted octanol–water partition coefficient (Wildman–Crippen LogP) is 0.808. The first-order valence-electron chi connectivity index (χ1n) is 6.21. The maximum Gasteiger partial charge on any atom is 0.324 e. The maximum atomic E-state index is 12.2. The average Bonchev–Trinajstić information content (AvgIpc) is 3.10. The van der Waals surface area contributed by atoms with E-state index in [1.54, 1.807) is 17.0 Å². The quantitative estimate of drug-likeness (QED) is 0.807. The number of furan rings is 1. The molecule has 2 aliphatic rings. The van der Waals surface area contributed by atoms with Gasteiger partial charge in [-0.2, -0.15) is 0 Å². The summed E-state index contributed by atoms with van der Waals surface area (Å²) in [6, 6.07) is 2.61. The molecule has 0 saturated carbocycles. The molecule has 1 aromatic rings. The zero-order valence-electron chi connectivity index (χ0n) is 10.5. The molecule has 1 atom stereocenters. The van der Waals surface area contributed by atoms with Crippen LogP contribution in [0.3, 0.4) is 0 Å². The molecule has 2 fully saturated rings. The second-order valence-electron chi connectivity index (χ2n) is 4.72. The summed E-state index contributed by atoms with van der Waals surface area (Å²) < 4.78 is 5.72. The standard InChI is InChI=1S/C12H12BrN3O4/c13-9-2-1-8(20-9)11(18)15-4-3-7(6-15)16-10(17)5-14-12(16)19/h1-2,7H,3-6H2,(H,14,19). The topological polar surface area (TPSA) is 82.9 Å². The Hall–Kier alpha value is -1.83. The van der Waals surface area contributed by atoms with Crippen LogP contribution in [0.25, 0.3) is 0 Å². The molecule has 1 aromatic heterocycles. The lowest BCUT2D eigenvalue weighted by Gasteiger charge is -2.21. The van der Waals surface area contributed by atoms with Crippen molar-refractivity contribution in [1.82, 2.24) is 15.1 Å². The zero-order chi connectivity index (χ0) is 14.3. The van der Waals surface area contributed by atoms with Gasteiger partial charge in [0.05, 0.1) is 12.6 Å². The Morgan fingerprint density at radius 3 is 2.80 bits per heavy atom.